The Morgan fingerprint density at radius 2 is 1.92 bits per heavy atom. The molecular weight excluding hydrogens is 200 g/mol. The molecule has 0 aliphatic carbocycles. The molecule has 0 aromatic heterocycles. The highest BCUT2D eigenvalue weighted by Gasteiger charge is 2.15. The minimum absolute atomic E-state index is 0.645. The standard InChI is InChI=1S/C9H14N2S2/c1-3-6-7(9(13)8(6)12)11(2)5-4-10/h3-5,10H2,1-2H3. The normalized spacial score (nSPS) is 10.7. The van der Waals surface area contributed by atoms with Crippen molar-refractivity contribution in [1.82, 2.24) is 0 Å². The van der Waals surface area contributed by atoms with Gasteiger partial charge >= 0.3 is 0 Å². The van der Waals surface area contributed by atoms with E-state index in [1.54, 1.807) is 0 Å². The van der Waals surface area contributed by atoms with Crippen LogP contribution in [0.3, 0.4) is 0 Å². The molecule has 0 saturated heterocycles. The Labute approximate surface area is 89.1 Å². The van der Waals surface area contributed by atoms with Crippen molar-refractivity contribution in [3.63, 3.8) is 0 Å². The maximum absolute atomic E-state index is 5.47. The molecule has 1 aromatic rings. The smallest absolute Gasteiger partial charge is 0.0798 e. The lowest BCUT2D eigenvalue weighted by Crippen LogP contribution is -2.27. The zero-order valence-electron chi connectivity index (χ0n) is 7.96. The van der Waals surface area contributed by atoms with Gasteiger partial charge in [-0.3, -0.25) is 0 Å². The SMILES string of the molecule is CCc1c(N(C)CCN)c(=S)c1=S. The molecule has 1 aromatic carbocycles. The zero-order chi connectivity index (χ0) is 10.0. The summed E-state index contributed by atoms with van der Waals surface area (Å²) in [6.45, 7) is 3.58. The Bertz CT molecular complexity index is 363. The quantitative estimate of drug-likeness (QED) is 0.776. The van der Waals surface area contributed by atoms with Gasteiger partial charge in [-0.1, -0.05) is 31.4 Å². The van der Waals surface area contributed by atoms with Gasteiger partial charge in [0.25, 0.3) is 0 Å². The average Bonchev–Trinajstić information content (AvgIpc) is 2.12. The molecule has 0 aliphatic heterocycles. The van der Waals surface area contributed by atoms with E-state index in [1.165, 1.54) is 5.56 Å². The molecule has 0 aliphatic rings. The molecule has 0 radical (unpaired) electrons. The highest BCUT2D eigenvalue weighted by Crippen LogP contribution is 2.29. The van der Waals surface area contributed by atoms with E-state index in [0.29, 0.717) is 6.54 Å². The van der Waals surface area contributed by atoms with Gasteiger partial charge < -0.3 is 10.6 Å². The predicted molar refractivity (Wildman–Crippen MR) is 62.2 cm³/mol. The maximum atomic E-state index is 5.47. The van der Waals surface area contributed by atoms with E-state index in [-0.39, 0.29) is 0 Å². The van der Waals surface area contributed by atoms with Crippen LogP contribution in [0, 0.1) is 9.02 Å². The number of hydrogen-bond acceptors (Lipinski definition) is 4. The summed E-state index contributed by atoms with van der Waals surface area (Å²) in [5, 5.41) is 0. The number of nitrogens with two attached hydrogens (primary N) is 1. The van der Waals surface area contributed by atoms with Crippen LogP contribution >= 0.6 is 24.4 Å². The lowest BCUT2D eigenvalue weighted by Gasteiger charge is -2.24. The van der Waals surface area contributed by atoms with Crippen LogP contribution in [-0.4, -0.2) is 20.1 Å². The summed E-state index contributed by atoms with van der Waals surface area (Å²) in [5.74, 6) is 0. The van der Waals surface area contributed by atoms with Crippen molar-refractivity contribution in [3.8, 4) is 0 Å². The largest absolute Gasteiger partial charge is 0.372 e. The van der Waals surface area contributed by atoms with E-state index >= 15 is 0 Å². The monoisotopic (exact) mass is 214 g/mol. The lowest BCUT2D eigenvalue weighted by molar-refractivity contribution is 0.868. The molecule has 0 fully saturated rings. The fourth-order valence-electron chi connectivity index (χ4n) is 1.46. The molecule has 0 saturated carbocycles. The molecule has 0 spiro atoms. The zero-order valence-corrected chi connectivity index (χ0v) is 9.60. The molecule has 0 amide bonds. The third-order valence-electron chi connectivity index (χ3n) is 2.18. The molecule has 0 heterocycles. The van der Waals surface area contributed by atoms with E-state index in [1.807, 2.05) is 7.05 Å². The van der Waals surface area contributed by atoms with Gasteiger partial charge in [0, 0.05) is 20.1 Å². The summed E-state index contributed by atoms with van der Waals surface area (Å²) < 4.78 is 1.71. The first kappa shape index (κ1) is 10.8. The minimum Gasteiger partial charge on any atom is -0.372 e. The molecule has 1 rings (SSSR count). The number of hydrogen-bond donors (Lipinski definition) is 1. The van der Waals surface area contributed by atoms with E-state index in [4.69, 9.17) is 30.2 Å². The fourth-order valence-corrected chi connectivity index (χ4v) is 2.20. The van der Waals surface area contributed by atoms with Crippen LogP contribution in [0.4, 0.5) is 5.69 Å². The Balaban J connectivity index is 2.95. The number of likely N-dealkylation sites (N-methyl/N-ethyl adjacent to an activating group) is 1. The molecular formula is C9H14N2S2. The van der Waals surface area contributed by atoms with Crippen LogP contribution in [0.2, 0.25) is 0 Å². The van der Waals surface area contributed by atoms with Crippen LogP contribution in [-0.2, 0) is 6.42 Å². The van der Waals surface area contributed by atoms with Crippen LogP contribution < -0.4 is 10.6 Å². The third kappa shape index (κ3) is 1.80. The van der Waals surface area contributed by atoms with Crippen molar-refractivity contribution < 1.29 is 0 Å². The topological polar surface area (TPSA) is 29.3 Å². The summed E-state index contributed by atoms with van der Waals surface area (Å²) in [6.07, 6.45) is 0.962. The summed E-state index contributed by atoms with van der Waals surface area (Å²) in [4.78, 5) is 2.09. The molecule has 0 atom stereocenters. The highest BCUT2D eigenvalue weighted by atomic mass is 32.1. The molecule has 2 N–H and O–H groups in total. The second-order valence-corrected chi connectivity index (χ2v) is 3.87. The van der Waals surface area contributed by atoms with Gasteiger partial charge in [0.1, 0.15) is 0 Å². The van der Waals surface area contributed by atoms with Gasteiger partial charge in [0.05, 0.1) is 14.7 Å². The Morgan fingerprint density at radius 3 is 2.38 bits per heavy atom. The second kappa shape index (κ2) is 4.26. The number of rotatable bonds is 4. The first-order valence-electron chi connectivity index (χ1n) is 4.36. The van der Waals surface area contributed by atoms with Gasteiger partial charge in [-0.05, 0) is 12.0 Å². The van der Waals surface area contributed by atoms with E-state index in [9.17, 15) is 0 Å². The van der Waals surface area contributed by atoms with Crippen molar-refractivity contribution in [2.24, 2.45) is 5.73 Å². The highest BCUT2D eigenvalue weighted by molar-refractivity contribution is 7.74. The number of anilines is 1. The molecule has 0 unspecified atom stereocenters. The predicted octanol–water partition coefficient (Wildman–Crippen LogP) is 1.98. The van der Waals surface area contributed by atoms with Crippen molar-refractivity contribution in [2.45, 2.75) is 13.3 Å². The van der Waals surface area contributed by atoms with Crippen LogP contribution in [0.5, 0.6) is 0 Å². The lowest BCUT2D eigenvalue weighted by atomic mass is 10.1. The van der Waals surface area contributed by atoms with Gasteiger partial charge in [0.15, 0.2) is 0 Å². The van der Waals surface area contributed by atoms with Crippen molar-refractivity contribution in [3.05, 3.63) is 14.6 Å². The summed E-state index contributed by atoms with van der Waals surface area (Å²) >= 11 is 10.3. The minimum atomic E-state index is 0.645. The van der Waals surface area contributed by atoms with Crippen molar-refractivity contribution in [2.75, 3.05) is 25.0 Å². The van der Waals surface area contributed by atoms with Crippen molar-refractivity contribution >= 4 is 30.1 Å². The summed E-state index contributed by atoms with van der Waals surface area (Å²) in [7, 11) is 2.01. The summed E-state index contributed by atoms with van der Waals surface area (Å²) in [6, 6.07) is 0. The van der Waals surface area contributed by atoms with Crippen LogP contribution in [0.25, 0.3) is 0 Å². The maximum Gasteiger partial charge on any atom is 0.0798 e. The molecule has 2 nitrogen and oxygen atoms in total. The first-order valence-corrected chi connectivity index (χ1v) is 5.18. The fraction of sp³-hybridized carbons (Fsp3) is 0.556. The molecule has 0 bridgehead atoms. The van der Waals surface area contributed by atoms with Crippen molar-refractivity contribution in [1.29, 1.82) is 0 Å². The van der Waals surface area contributed by atoms with Gasteiger partial charge in [-0.2, -0.15) is 0 Å². The third-order valence-corrected chi connectivity index (χ3v) is 3.16. The van der Waals surface area contributed by atoms with Crippen LogP contribution in [0.15, 0.2) is 0 Å². The van der Waals surface area contributed by atoms with E-state index < -0.39 is 0 Å². The van der Waals surface area contributed by atoms with Crippen LogP contribution in [0.1, 0.15) is 12.5 Å². The second-order valence-electron chi connectivity index (χ2n) is 3.05. The van der Waals surface area contributed by atoms with Gasteiger partial charge in [-0.25, -0.2) is 0 Å². The van der Waals surface area contributed by atoms with Gasteiger partial charge in [0.2, 0.25) is 0 Å². The Kier molecular flexibility index (Phi) is 3.53. The molecule has 13 heavy (non-hydrogen) atoms. The van der Waals surface area contributed by atoms with Gasteiger partial charge in [-0.15, -0.1) is 0 Å². The average molecular weight is 214 g/mol. The van der Waals surface area contributed by atoms with E-state index in [0.717, 1.165) is 27.7 Å². The number of nitrogens with zero attached hydrogens (tertiary/aromatic N) is 1. The molecule has 72 valence electrons. The first-order chi connectivity index (χ1) is 6.13. The summed E-state index contributed by atoms with van der Waals surface area (Å²) in [5.41, 5.74) is 7.82. The van der Waals surface area contributed by atoms with E-state index in [2.05, 4.69) is 11.8 Å². The Morgan fingerprint density at radius 1 is 1.31 bits per heavy atom. The molecule has 4 heteroatoms. The Hall–Kier alpha value is -0.320.